The zero-order chi connectivity index (χ0) is 7.11. The molecule has 0 aromatic carbocycles. The first-order valence-electron chi connectivity index (χ1n) is 3.00. The first-order valence-corrected chi connectivity index (χ1v) is 5.79. The molecule has 0 atom stereocenters. The van der Waals surface area contributed by atoms with Crippen LogP contribution in [0.2, 0.25) is 0 Å². The van der Waals surface area contributed by atoms with E-state index in [1.54, 1.807) is 0 Å². The first kappa shape index (κ1) is 9.66. The van der Waals surface area contributed by atoms with Gasteiger partial charge in [0.15, 0.2) is 0 Å². The van der Waals surface area contributed by atoms with Gasteiger partial charge in [0.1, 0.15) is 0 Å². The molecule has 0 aliphatic rings. The predicted molar refractivity (Wildman–Crippen MR) is 49.6 cm³/mol. The zero-order valence-corrected chi connectivity index (χ0v) is 7.94. The van der Waals surface area contributed by atoms with Crippen molar-refractivity contribution in [3.8, 4) is 0 Å². The standard InChI is InChI=1S/C6H15NS2/c1-7-6(4-8-2)5-9-3/h6-7H,4-5H2,1-3H3. The summed E-state index contributed by atoms with van der Waals surface area (Å²) >= 11 is 3.80. The van der Waals surface area contributed by atoms with Crippen molar-refractivity contribution in [2.24, 2.45) is 0 Å². The van der Waals surface area contributed by atoms with Crippen molar-refractivity contribution >= 4 is 23.5 Å². The van der Waals surface area contributed by atoms with Gasteiger partial charge in [-0.05, 0) is 19.6 Å². The van der Waals surface area contributed by atoms with Gasteiger partial charge in [-0.25, -0.2) is 0 Å². The van der Waals surface area contributed by atoms with Crippen molar-refractivity contribution in [1.29, 1.82) is 0 Å². The Kier molecular flexibility index (Phi) is 7.27. The summed E-state index contributed by atoms with van der Waals surface area (Å²) in [6.45, 7) is 0. The molecule has 0 aliphatic carbocycles. The second kappa shape index (κ2) is 6.78. The van der Waals surface area contributed by atoms with Crippen LogP contribution in [0, 0.1) is 0 Å². The summed E-state index contributed by atoms with van der Waals surface area (Å²) in [5.41, 5.74) is 0. The molecular formula is C6H15NS2. The largest absolute Gasteiger partial charge is 0.315 e. The minimum absolute atomic E-state index is 0.690. The van der Waals surface area contributed by atoms with Gasteiger partial charge in [-0.3, -0.25) is 0 Å². The molecule has 9 heavy (non-hydrogen) atoms. The van der Waals surface area contributed by atoms with E-state index in [-0.39, 0.29) is 0 Å². The molecule has 0 rings (SSSR count). The quantitative estimate of drug-likeness (QED) is 0.659. The topological polar surface area (TPSA) is 12.0 Å². The molecule has 0 heterocycles. The minimum atomic E-state index is 0.690. The Hall–Kier alpha value is 0.660. The average molecular weight is 165 g/mol. The number of hydrogen-bond donors (Lipinski definition) is 1. The van der Waals surface area contributed by atoms with Crippen LogP contribution in [0.1, 0.15) is 0 Å². The van der Waals surface area contributed by atoms with Crippen molar-refractivity contribution in [2.75, 3.05) is 31.1 Å². The fraction of sp³-hybridized carbons (Fsp3) is 1.00. The Labute approximate surface area is 66.4 Å². The second-order valence-electron chi connectivity index (χ2n) is 1.90. The maximum absolute atomic E-state index is 3.26. The number of nitrogens with one attached hydrogen (secondary N) is 1. The first-order chi connectivity index (χ1) is 4.35. The third-order valence-corrected chi connectivity index (χ3v) is 2.62. The summed E-state index contributed by atoms with van der Waals surface area (Å²) in [5, 5.41) is 3.26. The van der Waals surface area contributed by atoms with E-state index in [2.05, 4.69) is 17.8 Å². The van der Waals surface area contributed by atoms with E-state index in [1.165, 1.54) is 11.5 Å². The Bertz CT molecular complexity index is 53.0. The molecule has 0 aromatic rings. The number of rotatable bonds is 5. The van der Waals surface area contributed by atoms with Crippen LogP contribution in [0.15, 0.2) is 0 Å². The van der Waals surface area contributed by atoms with Crippen molar-refractivity contribution < 1.29 is 0 Å². The molecule has 0 unspecified atom stereocenters. The Balaban J connectivity index is 3.18. The van der Waals surface area contributed by atoms with Crippen LogP contribution in [-0.4, -0.2) is 37.1 Å². The molecule has 0 radical (unpaired) electrons. The summed E-state index contributed by atoms with van der Waals surface area (Å²) in [4.78, 5) is 0. The SMILES string of the molecule is CNC(CSC)CSC. The summed E-state index contributed by atoms with van der Waals surface area (Å²) in [7, 11) is 2.02. The van der Waals surface area contributed by atoms with Gasteiger partial charge in [0.2, 0.25) is 0 Å². The number of thioether (sulfide) groups is 2. The van der Waals surface area contributed by atoms with Gasteiger partial charge in [-0.1, -0.05) is 0 Å². The lowest BCUT2D eigenvalue weighted by molar-refractivity contribution is 0.688. The Morgan fingerprint density at radius 1 is 1.22 bits per heavy atom. The van der Waals surface area contributed by atoms with E-state index >= 15 is 0 Å². The van der Waals surface area contributed by atoms with Crippen LogP contribution < -0.4 is 5.32 Å². The van der Waals surface area contributed by atoms with E-state index < -0.39 is 0 Å². The molecule has 0 saturated carbocycles. The fourth-order valence-corrected chi connectivity index (χ4v) is 2.14. The molecule has 0 fully saturated rings. The maximum Gasteiger partial charge on any atom is 0.0245 e. The summed E-state index contributed by atoms with van der Waals surface area (Å²) in [5.74, 6) is 2.44. The summed E-state index contributed by atoms with van der Waals surface area (Å²) in [6, 6.07) is 0.690. The highest BCUT2D eigenvalue weighted by atomic mass is 32.2. The van der Waals surface area contributed by atoms with Gasteiger partial charge in [-0.2, -0.15) is 23.5 Å². The lowest BCUT2D eigenvalue weighted by Gasteiger charge is -2.11. The average Bonchev–Trinajstić information content (AvgIpc) is 1.88. The fourth-order valence-electron chi connectivity index (χ4n) is 0.617. The van der Waals surface area contributed by atoms with Gasteiger partial charge in [0, 0.05) is 17.5 Å². The molecule has 1 N–H and O–H groups in total. The molecule has 0 aliphatic heterocycles. The van der Waals surface area contributed by atoms with Crippen molar-refractivity contribution in [3.05, 3.63) is 0 Å². The van der Waals surface area contributed by atoms with Crippen molar-refractivity contribution in [1.82, 2.24) is 5.32 Å². The van der Waals surface area contributed by atoms with Crippen LogP contribution in [-0.2, 0) is 0 Å². The molecule has 0 saturated heterocycles. The van der Waals surface area contributed by atoms with Crippen molar-refractivity contribution in [3.63, 3.8) is 0 Å². The van der Waals surface area contributed by atoms with E-state index in [9.17, 15) is 0 Å². The molecule has 0 bridgehead atoms. The van der Waals surface area contributed by atoms with E-state index in [1.807, 2.05) is 30.6 Å². The van der Waals surface area contributed by atoms with Gasteiger partial charge >= 0.3 is 0 Å². The molecule has 0 spiro atoms. The minimum Gasteiger partial charge on any atom is -0.315 e. The van der Waals surface area contributed by atoms with E-state index in [0.29, 0.717) is 6.04 Å². The molecule has 0 aromatic heterocycles. The monoisotopic (exact) mass is 165 g/mol. The van der Waals surface area contributed by atoms with Crippen LogP contribution >= 0.6 is 23.5 Å². The van der Waals surface area contributed by atoms with Gasteiger partial charge < -0.3 is 5.32 Å². The molecule has 0 amide bonds. The molecule has 56 valence electrons. The van der Waals surface area contributed by atoms with E-state index in [0.717, 1.165) is 0 Å². The molecule has 3 heteroatoms. The zero-order valence-electron chi connectivity index (χ0n) is 6.31. The third kappa shape index (κ3) is 5.12. The summed E-state index contributed by atoms with van der Waals surface area (Å²) in [6.07, 6.45) is 4.29. The normalized spacial score (nSPS) is 10.7. The lowest BCUT2D eigenvalue weighted by Crippen LogP contribution is -2.29. The smallest absolute Gasteiger partial charge is 0.0245 e. The van der Waals surface area contributed by atoms with Crippen molar-refractivity contribution in [2.45, 2.75) is 6.04 Å². The Morgan fingerprint density at radius 2 is 1.67 bits per heavy atom. The van der Waals surface area contributed by atoms with Gasteiger partial charge in [0.05, 0.1) is 0 Å². The maximum atomic E-state index is 3.26. The van der Waals surface area contributed by atoms with Crippen LogP contribution in [0.5, 0.6) is 0 Å². The lowest BCUT2D eigenvalue weighted by atomic mass is 10.4. The van der Waals surface area contributed by atoms with E-state index in [4.69, 9.17) is 0 Å². The number of hydrogen-bond acceptors (Lipinski definition) is 3. The highest BCUT2D eigenvalue weighted by Crippen LogP contribution is 2.02. The highest BCUT2D eigenvalue weighted by molar-refractivity contribution is 7.99. The highest BCUT2D eigenvalue weighted by Gasteiger charge is 2.01. The van der Waals surface area contributed by atoms with Crippen LogP contribution in [0.25, 0.3) is 0 Å². The van der Waals surface area contributed by atoms with Gasteiger partial charge in [0.25, 0.3) is 0 Å². The van der Waals surface area contributed by atoms with Crippen LogP contribution in [0.4, 0.5) is 0 Å². The Morgan fingerprint density at radius 3 is 1.89 bits per heavy atom. The van der Waals surface area contributed by atoms with Gasteiger partial charge in [-0.15, -0.1) is 0 Å². The van der Waals surface area contributed by atoms with Crippen LogP contribution in [0.3, 0.4) is 0 Å². The predicted octanol–water partition coefficient (Wildman–Crippen LogP) is 1.30. The molecular weight excluding hydrogens is 150 g/mol. The third-order valence-electron chi connectivity index (χ3n) is 1.14. The second-order valence-corrected chi connectivity index (χ2v) is 3.72. The summed E-state index contributed by atoms with van der Waals surface area (Å²) < 4.78 is 0. The molecule has 1 nitrogen and oxygen atoms in total.